The Morgan fingerprint density at radius 1 is 0.681 bits per heavy atom. The van der Waals surface area contributed by atoms with E-state index in [9.17, 15) is 34.2 Å². The summed E-state index contributed by atoms with van der Waals surface area (Å²) in [7, 11) is 3.59. The first-order valence-electron chi connectivity index (χ1n) is 17.6. The smallest absolute Gasteiger partial charge is 0.308 e. The molecule has 0 bridgehead atoms. The molecule has 1 aliphatic heterocycles. The van der Waals surface area contributed by atoms with E-state index in [4.69, 9.17) is 5.11 Å². The second-order valence-corrected chi connectivity index (χ2v) is 18.4. The third-order valence-corrected chi connectivity index (χ3v) is 14.3. The summed E-state index contributed by atoms with van der Waals surface area (Å²) in [5.41, 5.74) is 0. The van der Waals surface area contributed by atoms with E-state index in [-0.39, 0.29) is 46.0 Å². The molecule has 1 heterocycles. The number of hydrogen-bond acceptors (Lipinski definition) is 9. The fourth-order valence-corrected chi connectivity index (χ4v) is 9.07. The van der Waals surface area contributed by atoms with Gasteiger partial charge in [0.05, 0.1) is 20.5 Å². The van der Waals surface area contributed by atoms with Crippen molar-refractivity contribution in [3.05, 3.63) is 0 Å². The minimum atomic E-state index is -1.05. The highest BCUT2D eigenvalue weighted by molar-refractivity contribution is 8.93. The molecular formula is C34H59NO8S4. The molecule has 3 atom stereocenters. The molecular weight excluding hydrogens is 679 g/mol. The van der Waals surface area contributed by atoms with Crippen LogP contribution < -0.4 is 5.32 Å². The quantitative estimate of drug-likeness (QED) is 0.0144. The minimum absolute atomic E-state index is 0.0407. The summed E-state index contributed by atoms with van der Waals surface area (Å²) in [5, 5.41) is 30.6. The number of amides is 1. The molecule has 0 saturated carbocycles. The lowest BCUT2D eigenvalue weighted by molar-refractivity contribution is -0.144. The maximum atomic E-state index is 12.4. The van der Waals surface area contributed by atoms with Crippen molar-refractivity contribution in [2.24, 2.45) is 11.8 Å². The SMILES string of the molecule is CC1(CSC(S)[C@@H](CCCCNC(=O)CC[C@H](CC(=O)CCCCCCCCCCCCCCCCC(=O)O)C(=O)O)C(=O)O)SS1. The highest BCUT2D eigenvalue weighted by Crippen LogP contribution is 2.65. The van der Waals surface area contributed by atoms with Gasteiger partial charge in [-0.05, 0) is 39.0 Å². The van der Waals surface area contributed by atoms with Gasteiger partial charge in [0, 0.05) is 38.0 Å². The molecule has 1 amide bonds. The number of aliphatic carboxylic acids is 3. The summed E-state index contributed by atoms with van der Waals surface area (Å²) in [5.74, 6) is -3.48. The highest BCUT2D eigenvalue weighted by Gasteiger charge is 2.41. The van der Waals surface area contributed by atoms with Gasteiger partial charge in [0.15, 0.2) is 0 Å². The number of ketones is 1. The van der Waals surface area contributed by atoms with Gasteiger partial charge in [-0.3, -0.25) is 24.0 Å². The zero-order valence-electron chi connectivity index (χ0n) is 28.3. The van der Waals surface area contributed by atoms with Crippen molar-refractivity contribution in [1.29, 1.82) is 0 Å². The maximum Gasteiger partial charge on any atom is 0.308 e. The second kappa shape index (κ2) is 26.8. The first kappa shape index (κ1) is 44.0. The Morgan fingerprint density at radius 3 is 1.66 bits per heavy atom. The van der Waals surface area contributed by atoms with Gasteiger partial charge in [-0.2, -0.15) is 12.6 Å². The second-order valence-electron chi connectivity index (χ2n) is 13.0. The number of carboxylic acids is 3. The number of thioether (sulfide) groups is 1. The van der Waals surface area contributed by atoms with Crippen LogP contribution in [-0.4, -0.2) is 65.9 Å². The van der Waals surface area contributed by atoms with E-state index >= 15 is 0 Å². The van der Waals surface area contributed by atoms with Gasteiger partial charge >= 0.3 is 17.9 Å². The molecule has 4 N–H and O–H groups in total. The number of carbonyl (C=O) groups is 5. The van der Waals surface area contributed by atoms with E-state index < -0.39 is 29.7 Å². The summed E-state index contributed by atoms with van der Waals surface area (Å²) in [6.45, 7) is 2.54. The number of thiol groups is 1. The fraction of sp³-hybridized carbons (Fsp3) is 0.853. The number of Topliss-reactive ketones (excluding diaryl/α,β-unsaturated/α-hetero) is 1. The maximum absolute atomic E-state index is 12.4. The van der Waals surface area contributed by atoms with Crippen LogP contribution in [0.2, 0.25) is 0 Å². The minimum Gasteiger partial charge on any atom is -0.481 e. The number of unbranched alkanes of at least 4 members (excludes halogenated alkanes) is 14. The van der Waals surface area contributed by atoms with Gasteiger partial charge in [-0.15, -0.1) is 11.8 Å². The molecule has 272 valence electrons. The van der Waals surface area contributed by atoms with E-state index in [0.717, 1.165) is 50.7 Å². The fourth-order valence-electron chi connectivity index (χ4n) is 5.38. The van der Waals surface area contributed by atoms with Crippen LogP contribution in [0.4, 0.5) is 0 Å². The molecule has 0 aliphatic carbocycles. The van der Waals surface area contributed by atoms with Gasteiger partial charge in [-0.1, -0.05) is 105 Å². The van der Waals surface area contributed by atoms with Crippen LogP contribution in [-0.2, 0) is 24.0 Å². The molecule has 0 radical (unpaired) electrons. The lowest BCUT2D eigenvalue weighted by Crippen LogP contribution is -2.27. The number of carboxylic acid groups (broad SMARTS) is 3. The Bertz CT molecular complexity index is 934. The molecule has 1 aliphatic rings. The van der Waals surface area contributed by atoms with Crippen molar-refractivity contribution >= 4 is 75.6 Å². The largest absolute Gasteiger partial charge is 0.481 e. The molecule has 0 aromatic rings. The average Bonchev–Trinajstić information content (AvgIpc) is 3.76. The van der Waals surface area contributed by atoms with Gasteiger partial charge < -0.3 is 20.6 Å². The Kier molecular flexibility index (Phi) is 25.0. The number of carbonyl (C=O) groups excluding carboxylic acids is 2. The van der Waals surface area contributed by atoms with Crippen LogP contribution in [0, 0.1) is 11.8 Å². The Morgan fingerprint density at radius 2 is 1.19 bits per heavy atom. The van der Waals surface area contributed by atoms with E-state index in [1.165, 1.54) is 44.9 Å². The van der Waals surface area contributed by atoms with Crippen molar-refractivity contribution in [1.82, 2.24) is 5.32 Å². The first-order valence-corrected chi connectivity index (χ1v) is 21.3. The van der Waals surface area contributed by atoms with Crippen molar-refractivity contribution in [3.8, 4) is 0 Å². The monoisotopic (exact) mass is 737 g/mol. The van der Waals surface area contributed by atoms with E-state index in [1.54, 1.807) is 33.3 Å². The summed E-state index contributed by atoms with van der Waals surface area (Å²) in [4.78, 5) is 58.6. The zero-order chi connectivity index (χ0) is 34.9. The van der Waals surface area contributed by atoms with Crippen LogP contribution >= 0.6 is 46.0 Å². The predicted octanol–water partition coefficient (Wildman–Crippen LogP) is 8.84. The van der Waals surface area contributed by atoms with E-state index in [2.05, 4.69) is 24.9 Å². The molecule has 0 spiro atoms. The van der Waals surface area contributed by atoms with Gasteiger partial charge in [0.2, 0.25) is 5.91 Å². The molecule has 1 unspecified atom stereocenters. The number of nitrogens with one attached hydrogen (secondary N) is 1. The van der Waals surface area contributed by atoms with Gasteiger partial charge in [0.25, 0.3) is 0 Å². The Balaban J connectivity index is 2.04. The molecule has 0 aromatic heterocycles. The topological polar surface area (TPSA) is 158 Å². The molecule has 0 aromatic carbocycles. The van der Waals surface area contributed by atoms with Crippen molar-refractivity contribution < 1.29 is 39.3 Å². The number of hydrogen-bond donors (Lipinski definition) is 5. The standard InChI is InChI=1S/C34H59NO8S4/c1-34(46-47-34)25-45-33(44)28(32(42)43)19-16-17-23-35-29(37)22-21-26(31(40)41)24-27(36)18-14-12-10-8-6-4-2-3-5-7-9-11-13-15-20-30(38)39/h26,28,33,44H,2-25H2,1H3,(H,35,37)(H,38,39)(H,40,41)(H,42,43)/t26-,28+,33?/m1/s1. The highest BCUT2D eigenvalue weighted by atomic mass is 33.2. The summed E-state index contributed by atoms with van der Waals surface area (Å²) in [6, 6.07) is 0. The molecule has 1 fully saturated rings. The van der Waals surface area contributed by atoms with Crippen LogP contribution in [0.1, 0.15) is 148 Å². The summed E-state index contributed by atoms with van der Waals surface area (Å²) in [6.07, 6.45) is 18.0. The van der Waals surface area contributed by atoms with Gasteiger partial charge in [-0.25, -0.2) is 0 Å². The normalized spacial score (nSPS) is 15.4. The predicted molar refractivity (Wildman–Crippen MR) is 198 cm³/mol. The summed E-state index contributed by atoms with van der Waals surface area (Å²) >= 11 is 6.09. The third kappa shape index (κ3) is 24.7. The van der Waals surface area contributed by atoms with Crippen LogP contribution in [0.15, 0.2) is 0 Å². The van der Waals surface area contributed by atoms with Crippen LogP contribution in [0.25, 0.3) is 0 Å². The molecule has 1 rings (SSSR count). The zero-order valence-corrected chi connectivity index (χ0v) is 31.6. The molecule has 13 heteroatoms. The van der Waals surface area contributed by atoms with Crippen LogP contribution in [0.3, 0.4) is 0 Å². The molecule has 9 nitrogen and oxygen atoms in total. The molecule has 47 heavy (non-hydrogen) atoms. The van der Waals surface area contributed by atoms with Crippen LogP contribution in [0.5, 0.6) is 0 Å². The molecule has 1 saturated heterocycles. The lowest BCUT2D eigenvalue weighted by atomic mass is 9.94. The van der Waals surface area contributed by atoms with E-state index in [1.807, 2.05) is 0 Å². The summed E-state index contributed by atoms with van der Waals surface area (Å²) < 4.78 is -0.114. The van der Waals surface area contributed by atoms with Crippen molar-refractivity contribution in [2.75, 3.05) is 12.3 Å². The third-order valence-electron chi connectivity index (χ3n) is 8.45. The van der Waals surface area contributed by atoms with Crippen molar-refractivity contribution in [3.63, 3.8) is 0 Å². The van der Waals surface area contributed by atoms with Crippen molar-refractivity contribution in [2.45, 2.75) is 157 Å². The lowest BCUT2D eigenvalue weighted by Gasteiger charge is -2.20. The Labute approximate surface area is 299 Å². The number of rotatable bonds is 33. The average molecular weight is 738 g/mol. The van der Waals surface area contributed by atoms with Gasteiger partial charge in [0.1, 0.15) is 5.78 Å². The Hall–Kier alpha value is -1.05. The first-order chi connectivity index (χ1) is 22.4. The van der Waals surface area contributed by atoms with E-state index in [0.29, 0.717) is 32.2 Å².